The molecule has 0 aliphatic heterocycles. The van der Waals surface area contributed by atoms with Crippen molar-refractivity contribution in [2.45, 2.75) is 13.8 Å². The Labute approximate surface area is 284 Å². The second-order valence-corrected chi connectivity index (χ2v) is 12.0. The molecule has 14 nitrogen and oxygen atoms in total. The molecule has 0 unspecified atom stereocenters. The largest absolute Gasteiger partial charge is 0.396 e. The minimum absolute atomic E-state index is 0.00982. The minimum Gasteiger partial charge on any atom is -0.396 e. The Morgan fingerprint density at radius 2 is 1.44 bits per heavy atom. The normalized spacial score (nSPS) is 11.2. The molecule has 4 aromatic heterocycles. The van der Waals surface area contributed by atoms with Crippen LogP contribution >= 0.6 is 0 Å². The molecule has 0 atom stereocenters. The highest BCUT2D eigenvalue weighted by Gasteiger charge is 2.18. The van der Waals surface area contributed by atoms with Crippen LogP contribution in [0.2, 0.25) is 0 Å². The molecule has 0 saturated heterocycles. The second-order valence-electron chi connectivity index (χ2n) is 12.0. The second kappa shape index (κ2) is 12.3. The highest BCUT2D eigenvalue weighted by atomic mass is 16.2. The van der Waals surface area contributed by atoms with E-state index >= 15 is 0 Å². The van der Waals surface area contributed by atoms with Crippen molar-refractivity contribution in [1.82, 2.24) is 45.4 Å². The summed E-state index contributed by atoms with van der Waals surface area (Å²) >= 11 is 0. The lowest BCUT2D eigenvalue weighted by molar-refractivity contribution is 0.0946. The number of hydrazine groups is 1. The maximum absolute atomic E-state index is 11.7. The van der Waals surface area contributed by atoms with Gasteiger partial charge in [0.2, 0.25) is 0 Å². The summed E-state index contributed by atoms with van der Waals surface area (Å²) in [5, 5.41) is 28.7. The number of fused-ring (bicyclic) bond motifs is 4. The average molecular weight is 665 g/mol. The maximum atomic E-state index is 11.7. The molecule has 0 fully saturated rings. The van der Waals surface area contributed by atoms with Crippen LogP contribution in [-0.2, 0) is 14.1 Å². The lowest BCUT2D eigenvalue weighted by Gasteiger charge is -2.12. The highest BCUT2D eigenvalue weighted by molar-refractivity contribution is 6.08. The van der Waals surface area contributed by atoms with Gasteiger partial charge in [0.05, 0.1) is 29.1 Å². The zero-order valence-corrected chi connectivity index (χ0v) is 27.6. The van der Waals surface area contributed by atoms with E-state index in [0.717, 1.165) is 66.1 Å². The van der Waals surface area contributed by atoms with Gasteiger partial charge in [-0.3, -0.25) is 24.4 Å². The van der Waals surface area contributed by atoms with Gasteiger partial charge in [0.1, 0.15) is 11.0 Å². The first kappa shape index (κ1) is 31.8. The van der Waals surface area contributed by atoms with E-state index in [9.17, 15) is 9.59 Å². The third kappa shape index (κ3) is 5.38. The molecule has 0 bridgehead atoms. The van der Waals surface area contributed by atoms with Crippen molar-refractivity contribution in [3.8, 4) is 22.3 Å². The summed E-state index contributed by atoms with van der Waals surface area (Å²) < 4.78 is 3.67. The Kier molecular flexibility index (Phi) is 7.84. The third-order valence-corrected chi connectivity index (χ3v) is 8.82. The molecule has 0 radical (unpaired) electrons. The predicted octanol–water partition coefficient (Wildman–Crippen LogP) is 4.27. The minimum atomic E-state index is -0.690. The Morgan fingerprint density at radius 3 is 2.18 bits per heavy atom. The summed E-state index contributed by atoms with van der Waals surface area (Å²) in [6, 6.07) is 21.6. The van der Waals surface area contributed by atoms with Gasteiger partial charge in [-0.2, -0.15) is 10.2 Å². The van der Waals surface area contributed by atoms with Gasteiger partial charge >= 0.3 is 0 Å². The van der Waals surface area contributed by atoms with Gasteiger partial charge in [-0.1, -0.05) is 42.5 Å². The van der Waals surface area contributed by atoms with Crippen molar-refractivity contribution in [1.29, 1.82) is 0 Å². The van der Waals surface area contributed by atoms with Crippen LogP contribution in [0.25, 0.3) is 65.9 Å². The van der Waals surface area contributed by atoms with Crippen LogP contribution in [0.5, 0.6) is 0 Å². The summed E-state index contributed by atoms with van der Waals surface area (Å²) in [7, 11) is 3.82. The first-order valence-corrected chi connectivity index (χ1v) is 15.5. The highest BCUT2D eigenvalue weighted by Crippen LogP contribution is 2.35. The molecule has 8 aromatic rings. The zero-order valence-electron chi connectivity index (χ0n) is 27.6. The van der Waals surface area contributed by atoms with Crippen molar-refractivity contribution in [3.05, 3.63) is 102 Å². The number of anilines is 1. The van der Waals surface area contributed by atoms with Crippen LogP contribution in [0.15, 0.2) is 79.1 Å². The number of primary amides is 1. The first-order valence-electron chi connectivity index (χ1n) is 15.5. The number of aryl methyl sites for hydroxylation is 4. The van der Waals surface area contributed by atoms with Crippen LogP contribution in [0.1, 0.15) is 32.1 Å². The molecular formula is C36H32N12O2. The fraction of sp³-hybridized carbons (Fsp3) is 0.111. The zero-order chi connectivity index (χ0) is 35.3. The number of carbonyl (C=O) groups excluding carboxylic acids is 2. The number of carbonyl (C=O) groups is 2. The number of amides is 2. The number of benzene rings is 4. The smallest absolute Gasteiger partial charge is 0.285 e. The molecule has 0 aliphatic carbocycles. The van der Waals surface area contributed by atoms with E-state index in [2.05, 4.69) is 61.1 Å². The summed E-state index contributed by atoms with van der Waals surface area (Å²) in [5.74, 6) is 4.02. The van der Waals surface area contributed by atoms with Crippen LogP contribution in [-0.4, -0.2) is 51.8 Å². The number of nitrogens with one attached hydrogen (secondary N) is 1. The average Bonchev–Trinajstić information content (AvgIpc) is 3.67. The Bertz CT molecular complexity index is 2660. The molecule has 0 aliphatic rings. The summed E-state index contributed by atoms with van der Waals surface area (Å²) in [4.78, 5) is 23.1. The number of rotatable bonds is 4. The molecule has 7 N–H and O–H groups in total. The van der Waals surface area contributed by atoms with Gasteiger partial charge < -0.3 is 11.5 Å². The number of nitrogen functional groups attached to an aromatic ring is 2. The molecule has 50 heavy (non-hydrogen) atoms. The van der Waals surface area contributed by atoms with Crippen molar-refractivity contribution in [3.63, 3.8) is 0 Å². The molecular weight excluding hydrogens is 632 g/mol. The standard InChI is InChI=1S/2C18H16N6O/c1-9-3-6-12-15(19)17(18(20)25)23-22-16(12)14(9)10-4-5-11-8-21-24(2)13(11)7-10;1-10-6-12-9-20-24(2)16(12)8-14(10)13-5-3-4-11-7-15(18(25)21-19)22-23-17(11)13/h3-8H,1-2H3,(H2,19,22)(H2,20,25);3-9H,19H2,1-2H3,(H,21,25). The third-order valence-electron chi connectivity index (χ3n) is 8.82. The Morgan fingerprint density at radius 1 is 0.720 bits per heavy atom. The molecule has 2 amide bonds. The fourth-order valence-electron chi connectivity index (χ4n) is 6.22. The van der Waals surface area contributed by atoms with Crippen molar-refractivity contribution in [2.24, 2.45) is 25.7 Å². The van der Waals surface area contributed by atoms with Crippen molar-refractivity contribution in [2.75, 3.05) is 5.73 Å². The molecule has 248 valence electrons. The number of nitrogens with two attached hydrogens (primary N) is 3. The van der Waals surface area contributed by atoms with Gasteiger partial charge in [0.15, 0.2) is 11.4 Å². The number of nitrogens with zero attached hydrogens (tertiary/aromatic N) is 8. The SMILES string of the molecule is Cc1cc2cnn(C)c2cc1-c1cccc2cc(C(=O)NN)nnc12.Cc1ccc2c(N)c(C(N)=O)nnc2c1-c1ccc2cnn(C)c2c1. The van der Waals surface area contributed by atoms with Gasteiger partial charge in [0.25, 0.3) is 11.8 Å². The van der Waals surface area contributed by atoms with Crippen LogP contribution in [0.4, 0.5) is 5.69 Å². The van der Waals surface area contributed by atoms with E-state index in [4.69, 9.17) is 17.3 Å². The van der Waals surface area contributed by atoms with Gasteiger partial charge in [-0.25, -0.2) is 5.84 Å². The fourth-order valence-corrected chi connectivity index (χ4v) is 6.22. The Hall–Kier alpha value is -6.80. The Balaban J connectivity index is 0.000000157. The molecule has 4 aromatic carbocycles. The van der Waals surface area contributed by atoms with Gasteiger partial charge in [-0.05, 0) is 60.4 Å². The van der Waals surface area contributed by atoms with Gasteiger partial charge in [-0.15, -0.1) is 20.4 Å². The van der Waals surface area contributed by atoms with Crippen LogP contribution in [0.3, 0.4) is 0 Å². The summed E-state index contributed by atoms with van der Waals surface area (Å²) in [5.41, 5.74) is 23.5. The first-order chi connectivity index (χ1) is 24.0. The van der Waals surface area contributed by atoms with E-state index in [1.54, 1.807) is 6.07 Å². The summed E-state index contributed by atoms with van der Waals surface area (Å²) in [6.45, 7) is 4.06. The number of hydrogen-bond donors (Lipinski definition) is 4. The predicted molar refractivity (Wildman–Crippen MR) is 193 cm³/mol. The van der Waals surface area contributed by atoms with E-state index < -0.39 is 11.8 Å². The lowest BCUT2D eigenvalue weighted by Crippen LogP contribution is -2.30. The van der Waals surface area contributed by atoms with E-state index in [1.165, 1.54) is 0 Å². The van der Waals surface area contributed by atoms with E-state index in [-0.39, 0.29) is 17.1 Å². The van der Waals surface area contributed by atoms with Crippen LogP contribution < -0.4 is 22.7 Å². The molecule has 0 saturated carbocycles. The van der Waals surface area contributed by atoms with Crippen LogP contribution in [0, 0.1) is 13.8 Å². The molecule has 14 heteroatoms. The van der Waals surface area contributed by atoms with E-state index in [0.29, 0.717) is 10.9 Å². The number of aromatic nitrogens is 8. The van der Waals surface area contributed by atoms with E-state index in [1.807, 2.05) is 85.2 Å². The van der Waals surface area contributed by atoms with Crippen molar-refractivity contribution >= 4 is 61.1 Å². The van der Waals surface area contributed by atoms with Gasteiger partial charge in [0, 0.05) is 46.8 Å². The van der Waals surface area contributed by atoms with Crippen molar-refractivity contribution < 1.29 is 9.59 Å². The quantitative estimate of drug-likeness (QED) is 0.119. The number of hydrogen-bond acceptors (Lipinski definition) is 10. The topological polar surface area (TPSA) is 211 Å². The molecule has 0 spiro atoms. The monoisotopic (exact) mass is 664 g/mol. The molecule has 8 rings (SSSR count). The maximum Gasteiger partial charge on any atom is 0.285 e. The summed E-state index contributed by atoms with van der Waals surface area (Å²) in [6.07, 6.45) is 3.68. The molecule has 4 heterocycles. The lowest BCUT2D eigenvalue weighted by atomic mass is 9.96.